The largest absolute Gasteiger partial charge is 0.457 e. The second-order valence-corrected chi connectivity index (χ2v) is 10.9. The molecule has 2 aliphatic rings. The number of ether oxygens (including phenoxy) is 1. The smallest absolute Gasteiger partial charge is 0.309 e. The van der Waals surface area contributed by atoms with Gasteiger partial charge >= 0.3 is 5.97 Å². The fourth-order valence-electron chi connectivity index (χ4n) is 4.37. The molecule has 9 heteroatoms. The van der Waals surface area contributed by atoms with Crippen LogP contribution in [0.5, 0.6) is 0 Å². The van der Waals surface area contributed by atoms with Gasteiger partial charge in [0.2, 0.25) is 15.8 Å². The van der Waals surface area contributed by atoms with Crippen LogP contribution in [0.15, 0.2) is 35.2 Å². The number of piperidine rings is 1. The van der Waals surface area contributed by atoms with Crippen LogP contribution >= 0.6 is 11.6 Å². The number of sulfonamides is 1. The lowest BCUT2D eigenvalue weighted by Gasteiger charge is -2.30. The monoisotopic (exact) mass is 478 g/mol. The highest BCUT2D eigenvalue weighted by Crippen LogP contribution is 2.38. The predicted octanol–water partition coefficient (Wildman–Crippen LogP) is 3.92. The zero-order valence-corrected chi connectivity index (χ0v) is 19.8. The van der Waals surface area contributed by atoms with Crippen molar-refractivity contribution in [2.75, 3.05) is 19.7 Å². The highest BCUT2D eigenvalue weighted by molar-refractivity contribution is 7.89. The Bertz CT molecular complexity index is 1130. The van der Waals surface area contributed by atoms with Gasteiger partial charge in [0, 0.05) is 41.1 Å². The molecule has 1 aliphatic heterocycles. The number of rotatable bonds is 7. The molecule has 2 fully saturated rings. The van der Waals surface area contributed by atoms with Crippen LogP contribution in [-0.4, -0.2) is 48.7 Å². The van der Waals surface area contributed by atoms with Crippen molar-refractivity contribution in [2.45, 2.75) is 50.5 Å². The maximum absolute atomic E-state index is 12.8. The Hall–Kier alpha value is -2.16. The van der Waals surface area contributed by atoms with E-state index in [1.54, 1.807) is 0 Å². The van der Waals surface area contributed by atoms with Gasteiger partial charge in [-0.1, -0.05) is 11.6 Å². The first-order valence-electron chi connectivity index (χ1n) is 10.8. The van der Waals surface area contributed by atoms with Gasteiger partial charge in [-0.15, -0.1) is 0 Å². The summed E-state index contributed by atoms with van der Waals surface area (Å²) in [4.78, 5) is 25.3. The third kappa shape index (κ3) is 4.63. The van der Waals surface area contributed by atoms with Crippen molar-refractivity contribution in [3.05, 3.63) is 52.3 Å². The van der Waals surface area contributed by atoms with Gasteiger partial charge in [0.25, 0.3) is 0 Å². The molecule has 1 saturated carbocycles. The molecule has 0 bridgehead atoms. The quantitative estimate of drug-likeness (QED) is 0.444. The average Bonchev–Trinajstić information content (AvgIpc) is 3.56. The van der Waals surface area contributed by atoms with Crippen LogP contribution in [0.3, 0.4) is 0 Å². The number of aryl methyl sites for hydroxylation is 1. The number of hydrogen-bond donors (Lipinski definition) is 0. The molecule has 1 saturated heterocycles. The molecule has 2 heterocycles. The third-order valence-corrected chi connectivity index (χ3v) is 8.45. The molecule has 1 aromatic heterocycles. The molecular formula is C23H27ClN2O5S. The second kappa shape index (κ2) is 9.00. The van der Waals surface area contributed by atoms with Gasteiger partial charge in [-0.2, -0.15) is 4.31 Å². The van der Waals surface area contributed by atoms with Crippen molar-refractivity contribution in [3.63, 3.8) is 0 Å². The van der Waals surface area contributed by atoms with Crippen LogP contribution in [0.1, 0.15) is 53.5 Å². The van der Waals surface area contributed by atoms with E-state index in [0.29, 0.717) is 29.5 Å². The van der Waals surface area contributed by atoms with Crippen LogP contribution in [0.4, 0.5) is 0 Å². The number of carbonyl (C=O) groups is 2. The van der Waals surface area contributed by atoms with Crippen molar-refractivity contribution in [2.24, 2.45) is 5.92 Å². The summed E-state index contributed by atoms with van der Waals surface area (Å²) in [5, 5.41) is 0.467. The Morgan fingerprint density at radius 3 is 2.28 bits per heavy atom. The molecule has 7 nitrogen and oxygen atoms in total. The van der Waals surface area contributed by atoms with Crippen LogP contribution in [-0.2, 0) is 19.6 Å². The van der Waals surface area contributed by atoms with Gasteiger partial charge in [0.15, 0.2) is 6.61 Å². The third-order valence-electron chi connectivity index (χ3n) is 6.28. The molecule has 172 valence electrons. The van der Waals surface area contributed by atoms with E-state index in [9.17, 15) is 18.0 Å². The van der Waals surface area contributed by atoms with Gasteiger partial charge in [-0.05, 0) is 69.9 Å². The summed E-state index contributed by atoms with van der Waals surface area (Å²) >= 11 is 5.84. The fraction of sp³-hybridized carbons (Fsp3) is 0.478. The molecule has 0 atom stereocenters. The van der Waals surface area contributed by atoms with Crippen LogP contribution in [0, 0.1) is 19.8 Å². The van der Waals surface area contributed by atoms with E-state index in [2.05, 4.69) is 4.57 Å². The minimum absolute atomic E-state index is 0.178. The summed E-state index contributed by atoms with van der Waals surface area (Å²) in [6.07, 6.45) is 2.98. The van der Waals surface area contributed by atoms with Crippen molar-refractivity contribution < 1.29 is 22.7 Å². The molecule has 1 aromatic carbocycles. The molecule has 0 amide bonds. The number of halogens is 1. The number of benzene rings is 1. The van der Waals surface area contributed by atoms with Crippen molar-refractivity contribution in [1.29, 1.82) is 0 Å². The number of ketones is 1. The zero-order chi connectivity index (χ0) is 23.0. The zero-order valence-electron chi connectivity index (χ0n) is 18.2. The maximum atomic E-state index is 12.8. The molecule has 0 spiro atoms. The summed E-state index contributed by atoms with van der Waals surface area (Å²) in [5.74, 6) is -1.07. The first-order chi connectivity index (χ1) is 15.2. The predicted molar refractivity (Wildman–Crippen MR) is 120 cm³/mol. The highest BCUT2D eigenvalue weighted by Gasteiger charge is 2.33. The molecule has 0 unspecified atom stereocenters. The summed E-state index contributed by atoms with van der Waals surface area (Å²) in [6.45, 7) is 4.07. The number of hydrogen-bond acceptors (Lipinski definition) is 5. The second-order valence-electron chi connectivity index (χ2n) is 8.55. The topological polar surface area (TPSA) is 85.7 Å². The Balaban J connectivity index is 1.31. The lowest BCUT2D eigenvalue weighted by molar-refractivity contribution is -0.148. The minimum Gasteiger partial charge on any atom is -0.457 e. The van der Waals surface area contributed by atoms with E-state index in [-0.39, 0.29) is 30.4 Å². The Labute approximate surface area is 193 Å². The number of aromatic nitrogens is 1. The lowest BCUT2D eigenvalue weighted by Crippen LogP contribution is -2.40. The average molecular weight is 479 g/mol. The van der Waals surface area contributed by atoms with Gasteiger partial charge in [0.05, 0.1) is 10.8 Å². The molecule has 32 heavy (non-hydrogen) atoms. The van der Waals surface area contributed by atoms with Gasteiger partial charge in [-0.25, -0.2) is 8.42 Å². The Morgan fingerprint density at radius 2 is 1.69 bits per heavy atom. The van der Waals surface area contributed by atoms with E-state index in [1.807, 2.05) is 19.9 Å². The van der Waals surface area contributed by atoms with Crippen LogP contribution in [0.2, 0.25) is 5.02 Å². The number of Topliss-reactive ketones (excluding diaryl/α,β-unsaturated/α-hetero) is 1. The van der Waals surface area contributed by atoms with Crippen LogP contribution < -0.4 is 0 Å². The highest BCUT2D eigenvalue weighted by atomic mass is 35.5. The van der Waals surface area contributed by atoms with E-state index in [1.165, 1.54) is 28.6 Å². The first-order valence-corrected chi connectivity index (χ1v) is 12.6. The SMILES string of the molecule is Cc1cc(C(=O)COC(=O)C2CCN(S(=O)(=O)c3ccc(Cl)cc3)CC2)c(C)n1C1CC1. The summed E-state index contributed by atoms with van der Waals surface area (Å²) in [6, 6.07) is 8.38. The molecule has 1 aliphatic carbocycles. The lowest BCUT2D eigenvalue weighted by atomic mass is 9.98. The molecule has 4 rings (SSSR count). The van der Waals surface area contributed by atoms with Crippen LogP contribution in [0.25, 0.3) is 0 Å². The van der Waals surface area contributed by atoms with Crippen molar-refractivity contribution in [3.8, 4) is 0 Å². The van der Waals surface area contributed by atoms with Gasteiger partial charge < -0.3 is 9.30 Å². The molecule has 0 N–H and O–H groups in total. The first kappa shape index (κ1) is 23.0. The normalized spacial score (nSPS) is 18.0. The summed E-state index contributed by atoms with van der Waals surface area (Å²) in [7, 11) is -3.63. The van der Waals surface area contributed by atoms with Gasteiger partial charge in [0.1, 0.15) is 0 Å². The van der Waals surface area contributed by atoms with Crippen molar-refractivity contribution in [1.82, 2.24) is 8.87 Å². The molecule has 0 radical (unpaired) electrons. The fourth-order valence-corrected chi connectivity index (χ4v) is 5.97. The summed E-state index contributed by atoms with van der Waals surface area (Å²) in [5.41, 5.74) is 2.58. The number of carbonyl (C=O) groups excluding carboxylic acids is 2. The maximum Gasteiger partial charge on any atom is 0.309 e. The Kier molecular flexibility index (Phi) is 6.47. The summed E-state index contributed by atoms with van der Waals surface area (Å²) < 4.78 is 34.4. The number of esters is 1. The van der Waals surface area contributed by atoms with Crippen molar-refractivity contribution >= 4 is 33.4 Å². The Morgan fingerprint density at radius 1 is 1.06 bits per heavy atom. The van der Waals surface area contributed by atoms with E-state index in [4.69, 9.17) is 16.3 Å². The van der Waals surface area contributed by atoms with E-state index < -0.39 is 21.9 Å². The standard InChI is InChI=1S/C23H27ClN2O5S/c1-15-13-21(16(2)26(15)19-5-6-19)22(27)14-31-23(28)17-9-11-25(12-10-17)32(29,30)20-7-3-18(24)4-8-20/h3-4,7-8,13,17,19H,5-6,9-12,14H2,1-2H3. The van der Waals surface area contributed by atoms with E-state index in [0.717, 1.165) is 24.2 Å². The molecule has 2 aromatic rings. The minimum atomic E-state index is -3.63. The number of nitrogens with zero attached hydrogens (tertiary/aromatic N) is 2. The molecular weight excluding hydrogens is 452 g/mol. The van der Waals surface area contributed by atoms with Gasteiger partial charge in [-0.3, -0.25) is 9.59 Å². The van der Waals surface area contributed by atoms with E-state index >= 15 is 0 Å².